The van der Waals surface area contributed by atoms with Crippen molar-refractivity contribution in [3.8, 4) is 11.4 Å². The molecule has 1 aliphatic heterocycles. The molecular weight excluding hydrogens is 330 g/mol. The Hall–Kier alpha value is -2.96. The Labute approximate surface area is 150 Å². The summed E-state index contributed by atoms with van der Waals surface area (Å²) < 4.78 is 5.71. The molecule has 3 heterocycles. The van der Waals surface area contributed by atoms with E-state index in [2.05, 4.69) is 15.4 Å². The summed E-state index contributed by atoms with van der Waals surface area (Å²) in [4.78, 5) is 19.4. The van der Waals surface area contributed by atoms with Crippen LogP contribution >= 0.6 is 0 Å². The van der Waals surface area contributed by atoms with E-state index in [-0.39, 0.29) is 11.3 Å². The van der Waals surface area contributed by atoms with Crippen molar-refractivity contribution in [3.63, 3.8) is 0 Å². The number of aromatic nitrogens is 4. The summed E-state index contributed by atoms with van der Waals surface area (Å²) in [5.74, 6) is 1.65. The van der Waals surface area contributed by atoms with E-state index < -0.39 is 0 Å². The van der Waals surface area contributed by atoms with E-state index in [0.717, 1.165) is 31.4 Å². The maximum absolute atomic E-state index is 12.7. The van der Waals surface area contributed by atoms with Crippen LogP contribution in [0.25, 0.3) is 11.4 Å². The first-order chi connectivity index (χ1) is 12.8. The molecule has 3 aromatic rings. The third-order valence-electron chi connectivity index (χ3n) is 5.79. The Kier molecular flexibility index (Phi) is 3.41. The summed E-state index contributed by atoms with van der Waals surface area (Å²) in [6.45, 7) is 1.35. The largest absolute Gasteiger partial charge is 0.338 e. The van der Waals surface area contributed by atoms with Gasteiger partial charge in [-0.15, -0.1) is 0 Å². The van der Waals surface area contributed by atoms with Crippen molar-refractivity contribution in [2.45, 2.75) is 24.7 Å². The molecule has 0 unspecified atom stereocenters. The maximum Gasteiger partial charge on any atom is 0.257 e. The van der Waals surface area contributed by atoms with Crippen molar-refractivity contribution >= 4 is 5.91 Å². The highest BCUT2D eigenvalue weighted by molar-refractivity contribution is 5.94. The van der Waals surface area contributed by atoms with E-state index in [4.69, 9.17) is 9.51 Å². The Bertz CT molecular complexity index is 921. The van der Waals surface area contributed by atoms with Crippen LogP contribution in [0, 0.1) is 5.92 Å². The first-order valence-electron chi connectivity index (χ1n) is 8.94. The highest BCUT2D eigenvalue weighted by Gasteiger charge is 2.55. The molecule has 5 rings (SSSR count). The standard InChI is InChI=1S/C19H19N5O2/c25-17(14-9-20-21-10-14)24-11-15-7-4-8-19(15,12-24)18-22-16(23-26-18)13-5-2-1-3-6-13/h1-3,5-6,9-10,15H,4,7-8,11-12H2,(H,20,21)/t15-,19-/m1/s1. The zero-order chi connectivity index (χ0) is 17.6. The Morgan fingerprint density at radius 2 is 2.19 bits per heavy atom. The van der Waals surface area contributed by atoms with Gasteiger partial charge in [0.2, 0.25) is 11.7 Å². The molecule has 1 amide bonds. The molecule has 1 saturated carbocycles. The average Bonchev–Trinajstić information content (AvgIpc) is 3.44. The fraction of sp³-hybridized carbons (Fsp3) is 0.368. The van der Waals surface area contributed by atoms with Crippen LogP contribution in [-0.4, -0.2) is 44.2 Å². The van der Waals surface area contributed by atoms with Crippen LogP contribution < -0.4 is 0 Å². The van der Waals surface area contributed by atoms with Crippen LogP contribution in [0.3, 0.4) is 0 Å². The highest BCUT2D eigenvalue weighted by atomic mass is 16.5. The SMILES string of the molecule is O=C(c1cn[nH]c1)N1C[C@H]2CCC[C@@]2(c2nc(-c3ccccc3)no2)C1. The molecule has 2 aliphatic rings. The minimum atomic E-state index is -0.223. The number of fused-ring (bicyclic) bond motifs is 1. The molecule has 2 aromatic heterocycles. The van der Waals surface area contributed by atoms with E-state index in [1.165, 1.54) is 0 Å². The average molecular weight is 349 g/mol. The normalized spacial score (nSPS) is 24.8. The molecule has 26 heavy (non-hydrogen) atoms. The number of nitrogens with zero attached hydrogens (tertiary/aromatic N) is 4. The van der Waals surface area contributed by atoms with E-state index in [1.54, 1.807) is 12.4 Å². The van der Waals surface area contributed by atoms with Gasteiger partial charge in [-0.3, -0.25) is 9.89 Å². The first-order valence-corrected chi connectivity index (χ1v) is 8.94. The molecule has 7 nitrogen and oxygen atoms in total. The molecule has 132 valence electrons. The van der Waals surface area contributed by atoms with Gasteiger partial charge in [-0.1, -0.05) is 41.9 Å². The summed E-state index contributed by atoms with van der Waals surface area (Å²) >= 11 is 0. The number of aromatic amines is 1. The van der Waals surface area contributed by atoms with Crippen LogP contribution in [0.15, 0.2) is 47.2 Å². The van der Waals surface area contributed by atoms with Crippen LogP contribution in [0.1, 0.15) is 35.5 Å². The van der Waals surface area contributed by atoms with E-state index >= 15 is 0 Å². The molecule has 1 saturated heterocycles. The number of hydrogen-bond acceptors (Lipinski definition) is 5. The topological polar surface area (TPSA) is 87.9 Å². The van der Waals surface area contributed by atoms with Crippen molar-refractivity contribution < 1.29 is 9.32 Å². The predicted octanol–water partition coefficient (Wildman–Crippen LogP) is 2.65. The molecule has 2 atom stereocenters. The van der Waals surface area contributed by atoms with Gasteiger partial charge in [-0.05, 0) is 18.8 Å². The molecule has 0 radical (unpaired) electrons. The molecule has 0 bridgehead atoms. The monoisotopic (exact) mass is 349 g/mol. The number of nitrogens with one attached hydrogen (secondary N) is 1. The lowest BCUT2D eigenvalue weighted by Gasteiger charge is -2.24. The minimum absolute atomic E-state index is 0.00956. The molecule has 2 fully saturated rings. The summed E-state index contributed by atoms with van der Waals surface area (Å²) in [7, 11) is 0. The summed E-state index contributed by atoms with van der Waals surface area (Å²) in [5.41, 5.74) is 1.31. The Balaban J connectivity index is 1.46. The van der Waals surface area contributed by atoms with E-state index in [1.807, 2.05) is 35.2 Å². The lowest BCUT2D eigenvalue weighted by atomic mass is 9.80. The fourth-order valence-electron chi connectivity index (χ4n) is 4.47. The summed E-state index contributed by atoms with van der Waals surface area (Å²) in [6.07, 6.45) is 6.40. The van der Waals surface area contributed by atoms with Crippen molar-refractivity contribution in [2.75, 3.05) is 13.1 Å². The third kappa shape index (κ3) is 2.27. The third-order valence-corrected chi connectivity index (χ3v) is 5.79. The zero-order valence-corrected chi connectivity index (χ0v) is 14.3. The number of H-pyrrole nitrogens is 1. The number of rotatable bonds is 3. The first kappa shape index (κ1) is 15.3. The number of carbonyl (C=O) groups excluding carboxylic acids is 1. The smallest absolute Gasteiger partial charge is 0.257 e. The number of hydrogen-bond donors (Lipinski definition) is 1. The van der Waals surface area contributed by atoms with Gasteiger partial charge in [-0.25, -0.2) is 0 Å². The zero-order valence-electron chi connectivity index (χ0n) is 14.3. The van der Waals surface area contributed by atoms with Gasteiger partial charge < -0.3 is 9.42 Å². The van der Waals surface area contributed by atoms with Crippen LogP contribution in [0.2, 0.25) is 0 Å². The lowest BCUT2D eigenvalue weighted by Crippen LogP contribution is -2.34. The van der Waals surface area contributed by atoms with Crippen molar-refractivity contribution in [1.29, 1.82) is 0 Å². The molecule has 1 aromatic carbocycles. The van der Waals surface area contributed by atoms with Crippen LogP contribution in [0.5, 0.6) is 0 Å². The van der Waals surface area contributed by atoms with Gasteiger partial charge in [0.05, 0.1) is 17.2 Å². The van der Waals surface area contributed by atoms with Crippen molar-refractivity contribution in [3.05, 3.63) is 54.2 Å². The van der Waals surface area contributed by atoms with Gasteiger partial charge in [-0.2, -0.15) is 10.1 Å². The second kappa shape index (κ2) is 5.79. The van der Waals surface area contributed by atoms with Gasteiger partial charge in [0.25, 0.3) is 5.91 Å². The van der Waals surface area contributed by atoms with Crippen molar-refractivity contribution in [2.24, 2.45) is 5.92 Å². The Morgan fingerprint density at radius 1 is 1.31 bits per heavy atom. The lowest BCUT2D eigenvalue weighted by molar-refractivity contribution is 0.0775. The quantitative estimate of drug-likeness (QED) is 0.785. The summed E-state index contributed by atoms with van der Waals surface area (Å²) in [5, 5.41) is 10.8. The second-order valence-corrected chi connectivity index (χ2v) is 7.21. The molecule has 0 spiro atoms. The molecule has 1 N–H and O–H groups in total. The number of amides is 1. The maximum atomic E-state index is 12.7. The van der Waals surface area contributed by atoms with Gasteiger partial charge in [0.15, 0.2) is 0 Å². The predicted molar refractivity (Wildman–Crippen MR) is 93.2 cm³/mol. The van der Waals surface area contributed by atoms with Gasteiger partial charge in [0, 0.05) is 24.8 Å². The van der Waals surface area contributed by atoms with Gasteiger partial charge in [0.1, 0.15) is 0 Å². The number of carbonyl (C=O) groups is 1. The van der Waals surface area contributed by atoms with Gasteiger partial charge >= 0.3 is 0 Å². The van der Waals surface area contributed by atoms with Crippen LogP contribution in [-0.2, 0) is 5.41 Å². The second-order valence-electron chi connectivity index (χ2n) is 7.21. The molecule has 1 aliphatic carbocycles. The highest BCUT2D eigenvalue weighted by Crippen LogP contribution is 2.50. The van der Waals surface area contributed by atoms with E-state index in [9.17, 15) is 4.79 Å². The molecular formula is C19H19N5O2. The van der Waals surface area contributed by atoms with E-state index in [0.29, 0.717) is 29.7 Å². The van der Waals surface area contributed by atoms with Crippen molar-refractivity contribution in [1.82, 2.24) is 25.2 Å². The number of likely N-dealkylation sites (tertiary alicyclic amines) is 1. The molecule has 7 heteroatoms. The number of benzene rings is 1. The fourth-order valence-corrected chi connectivity index (χ4v) is 4.47. The minimum Gasteiger partial charge on any atom is -0.338 e. The summed E-state index contributed by atoms with van der Waals surface area (Å²) in [6, 6.07) is 9.84. The Morgan fingerprint density at radius 3 is 3.00 bits per heavy atom. The van der Waals surface area contributed by atoms with Crippen LogP contribution in [0.4, 0.5) is 0 Å².